The van der Waals surface area contributed by atoms with E-state index in [2.05, 4.69) is 15.3 Å². The van der Waals surface area contributed by atoms with Crippen LogP contribution in [-0.4, -0.2) is 39.3 Å². The molecule has 0 saturated carbocycles. The van der Waals surface area contributed by atoms with Crippen molar-refractivity contribution in [1.82, 2.24) is 9.97 Å². The third-order valence-corrected chi connectivity index (χ3v) is 5.57. The van der Waals surface area contributed by atoms with E-state index in [4.69, 9.17) is 9.84 Å². The summed E-state index contributed by atoms with van der Waals surface area (Å²) in [7, 11) is 1.31. The number of imidazole rings is 1. The molecule has 4 aromatic rings. The normalized spacial score (nSPS) is 17.3. The second-order valence-electron chi connectivity index (χ2n) is 7.40. The summed E-state index contributed by atoms with van der Waals surface area (Å²) >= 11 is 0. The number of carbonyl (C=O) groups excluding carboxylic acids is 1. The highest BCUT2D eigenvalue weighted by molar-refractivity contribution is 6.12. The average Bonchev–Trinajstić information content (AvgIpc) is 3.30. The fourth-order valence-corrected chi connectivity index (χ4v) is 4.15. The van der Waals surface area contributed by atoms with Crippen molar-refractivity contribution in [2.75, 3.05) is 17.3 Å². The van der Waals surface area contributed by atoms with Crippen LogP contribution in [0.15, 0.2) is 60.7 Å². The van der Waals surface area contributed by atoms with Crippen LogP contribution in [0, 0.1) is 5.82 Å². The van der Waals surface area contributed by atoms with Gasteiger partial charge in [-0.2, -0.15) is 0 Å². The molecule has 1 unspecified atom stereocenters. The first-order valence-corrected chi connectivity index (χ1v) is 9.83. The summed E-state index contributed by atoms with van der Waals surface area (Å²) in [4.78, 5) is 32.3. The van der Waals surface area contributed by atoms with Crippen LogP contribution >= 0.6 is 0 Å². The maximum Gasteiger partial charge on any atom is 0.411 e. The summed E-state index contributed by atoms with van der Waals surface area (Å²) in [5.41, 5.74) is -0.617. The largest absolute Gasteiger partial charge is 0.494 e. The lowest BCUT2D eigenvalue weighted by Crippen LogP contribution is -2.45. The minimum atomic E-state index is -2.05. The summed E-state index contributed by atoms with van der Waals surface area (Å²) in [6, 6.07) is 15.5. The predicted molar refractivity (Wildman–Crippen MR) is 117 cm³/mol. The molecule has 4 N–H and O–H groups in total. The number of methoxy groups -OCH3 is 1. The van der Waals surface area contributed by atoms with Crippen LogP contribution in [0.5, 0.6) is 5.75 Å². The van der Waals surface area contributed by atoms with Crippen LogP contribution in [0.1, 0.15) is 21.5 Å². The fraction of sp³-hybridized carbons (Fsp3) is 0.0870. The number of ether oxygens (including phenoxy) is 1. The fourth-order valence-electron chi connectivity index (χ4n) is 4.15. The van der Waals surface area contributed by atoms with Crippen LogP contribution in [0.3, 0.4) is 0 Å². The number of carboxylic acid groups (broad SMARTS) is 1. The van der Waals surface area contributed by atoms with E-state index in [0.29, 0.717) is 11.0 Å². The van der Waals surface area contributed by atoms with Gasteiger partial charge in [0.05, 0.1) is 23.8 Å². The molecule has 1 atom stereocenters. The van der Waals surface area contributed by atoms with Crippen LogP contribution in [-0.2, 0) is 5.72 Å². The zero-order valence-corrected chi connectivity index (χ0v) is 17.2. The topological polar surface area (TPSA) is 128 Å². The lowest BCUT2D eigenvalue weighted by atomic mass is 9.93. The monoisotopic (exact) mass is 448 g/mol. The Morgan fingerprint density at radius 2 is 1.97 bits per heavy atom. The summed E-state index contributed by atoms with van der Waals surface area (Å²) in [5, 5.41) is 23.1. The number of hydrogen-bond acceptors (Lipinski definition) is 5. The quantitative estimate of drug-likeness (QED) is 0.377. The molecule has 0 fully saturated rings. The van der Waals surface area contributed by atoms with Gasteiger partial charge in [0.1, 0.15) is 0 Å². The van der Waals surface area contributed by atoms with Crippen molar-refractivity contribution in [3.05, 3.63) is 83.2 Å². The number of carbonyl (C=O) groups is 2. The van der Waals surface area contributed by atoms with Crippen molar-refractivity contribution in [2.45, 2.75) is 5.72 Å². The zero-order chi connectivity index (χ0) is 23.3. The number of rotatable bonds is 4. The van der Waals surface area contributed by atoms with E-state index >= 15 is 4.39 Å². The molecule has 1 aromatic heterocycles. The number of aromatic amines is 1. The first-order chi connectivity index (χ1) is 15.8. The molecule has 33 heavy (non-hydrogen) atoms. The Bertz CT molecular complexity index is 1440. The molecule has 166 valence electrons. The van der Waals surface area contributed by atoms with E-state index < -0.39 is 23.5 Å². The number of nitrogens with one attached hydrogen (secondary N) is 2. The van der Waals surface area contributed by atoms with Crippen molar-refractivity contribution in [3.63, 3.8) is 0 Å². The number of halogens is 1. The predicted octanol–water partition coefficient (Wildman–Crippen LogP) is 3.65. The highest BCUT2D eigenvalue weighted by atomic mass is 19.1. The first-order valence-electron chi connectivity index (χ1n) is 9.83. The maximum atomic E-state index is 15.2. The molecular weight excluding hydrogens is 431 g/mol. The van der Waals surface area contributed by atoms with Crippen LogP contribution < -0.4 is 15.0 Å². The number of hydrogen-bond donors (Lipinski definition) is 4. The molecule has 0 bridgehead atoms. The van der Waals surface area contributed by atoms with Gasteiger partial charge in [0.15, 0.2) is 17.3 Å². The Kier molecular flexibility index (Phi) is 4.53. The summed E-state index contributed by atoms with van der Waals surface area (Å²) < 4.78 is 20.3. The van der Waals surface area contributed by atoms with E-state index in [1.54, 1.807) is 36.4 Å². The molecule has 0 aliphatic carbocycles. The van der Waals surface area contributed by atoms with Crippen LogP contribution in [0.2, 0.25) is 0 Å². The van der Waals surface area contributed by atoms with Gasteiger partial charge in [0, 0.05) is 16.7 Å². The van der Waals surface area contributed by atoms with Gasteiger partial charge in [-0.15, -0.1) is 0 Å². The second kappa shape index (κ2) is 7.31. The Labute approximate surface area is 186 Å². The second-order valence-corrected chi connectivity index (χ2v) is 7.40. The molecule has 0 radical (unpaired) electrons. The average molecular weight is 448 g/mol. The van der Waals surface area contributed by atoms with Gasteiger partial charge in [0.25, 0.3) is 5.91 Å². The highest BCUT2D eigenvalue weighted by Crippen LogP contribution is 2.46. The Morgan fingerprint density at radius 1 is 1.18 bits per heavy atom. The van der Waals surface area contributed by atoms with Crippen molar-refractivity contribution in [2.24, 2.45) is 0 Å². The van der Waals surface area contributed by atoms with Crippen molar-refractivity contribution < 1.29 is 28.9 Å². The standard InChI is InChI=1S/C23H17FN4O5/c1-33-18-8-4-7-17(19(18)24)28-20(29)13-5-2-3-6-14(13)23(28,32)12-9-10-15-16(11-12)26-21(25-15)27-22(30)31/h2-11,32H,1H3,(H,30,31)(H2,25,26,27). The van der Waals surface area contributed by atoms with Gasteiger partial charge in [-0.3, -0.25) is 15.0 Å². The number of H-pyrrole nitrogens is 1. The van der Waals surface area contributed by atoms with Gasteiger partial charge in [0.2, 0.25) is 5.95 Å². The molecule has 1 aliphatic rings. The number of aromatic nitrogens is 2. The van der Waals surface area contributed by atoms with E-state index in [-0.39, 0.29) is 34.1 Å². The number of aliphatic hydroxyl groups is 1. The Morgan fingerprint density at radius 3 is 2.73 bits per heavy atom. The smallest absolute Gasteiger partial charge is 0.411 e. The zero-order valence-electron chi connectivity index (χ0n) is 17.2. The van der Waals surface area contributed by atoms with Gasteiger partial charge in [-0.25, -0.2) is 14.2 Å². The Hall–Kier alpha value is -4.44. The molecule has 3 aromatic carbocycles. The third kappa shape index (κ3) is 2.99. The van der Waals surface area contributed by atoms with E-state index in [1.165, 1.54) is 31.4 Å². The lowest BCUT2D eigenvalue weighted by Gasteiger charge is -2.35. The highest BCUT2D eigenvalue weighted by Gasteiger charge is 2.51. The van der Waals surface area contributed by atoms with E-state index in [9.17, 15) is 14.7 Å². The van der Waals surface area contributed by atoms with E-state index in [1.807, 2.05) is 0 Å². The molecule has 0 spiro atoms. The van der Waals surface area contributed by atoms with Gasteiger partial charge >= 0.3 is 6.09 Å². The van der Waals surface area contributed by atoms with Gasteiger partial charge in [-0.1, -0.05) is 30.3 Å². The van der Waals surface area contributed by atoms with Gasteiger partial charge in [-0.05, 0) is 30.3 Å². The summed E-state index contributed by atoms with van der Waals surface area (Å²) in [6.07, 6.45) is -1.29. The van der Waals surface area contributed by atoms with Crippen LogP contribution in [0.4, 0.5) is 20.8 Å². The number of anilines is 2. The summed E-state index contributed by atoms with van der Waals surface area (Å²) in [5.74, 6) is -1.46. The molecule has 2 amide bonds. The Balaban J connectivity index is 1.73. The van der Waals surface area contributed by atoms with Crippen LogP contribution in [0.25, 0.3) is 11.0 Å². The van der Waals surface area contributed by atoms with Crippen molar-refractivity contribution in [3.8, 4) is 5.75 Å². The summed E-state index contributed by atoms with van der Waals surface area (Å²) in [6.45, 7) is 0. The minimum Gasteiger partial charge on any atom is -0.494 e. The molecule has 10 heteroatoms. The number of nitrogens with zero attached hydrogens (tertiary/aromatic N) is 2. The third-order valence-electron chi connectivity index (χ3n) is 5.57. The van der Waals surface area contributed by atoms with Gasteiger partial charge < -0.3 is 19.9 Å². The maximum absolute atomic E-state index is 15.2. The lowest BCUT2D eigenvalue weighted by molar-refractivity contribution is 0.0698. The SMILES string of the molecule is COc1cccc(N2C(=O)c3ccccc3C2(O)c2ccc3nc(NC(=O)O)[nH]c3c2)c1F. The molecule has 9 nitrogen and oxygen atoms in total. The molecule has 5 rings (SSSR count). The molecular formula is C23H17FN4O5. The number of fused-ring (bicyclic) bond motifs is 2. The first kappa shape index (κ1) is 20.5. The van der Waals surface area contributed by atoms with Crippen molar-refractivity contribution in [1.29, 1.82) is 0 Å². The minimum absolute atomic E-state index is 0.000217. The number of benzene rings is 3. The molecule has 0 saturated heterocycles. The molecule has 2 heterocycles. The molecule has 1 aliphatic heterocycles. The number of amides is 2. The van der Waals surface area contributed by atoms with Crippen molar-refractivity contribution >= 4 is 34.7 Å². The van der Waals surface area contributed by atoms with E-state index in [0.717, 1.165) is 4.90 Å².